The van der Waals surface area contributed by atoms with Gasteiger partial charge in [0.1, 0.15) is 11.3 Å². The molecule has 196 valence electrons. The highest BCUT2D eigenvalue weighted by Crippen LogP contribution is 2.40. The number of hydrogen-bond donors (Lipinski definition) is 0. The summed E-state index contributed by atoms with van der Waals surface area (Å²) in [6, 6.07) is 55.4. The average molecular weight is 528 g/mol. The molecule has 0 fully saturated rings. The number of para-hydroxylation sites is 2. The number of nitrogens with zero attached hydrogens (tertiary/aromatic N) is 1. The lowest BCUT2D eigenvalue weighted by atomic mass is 9.94. The van der Waals surface area contributed by atoms with Crippen molar-refractivity contribution >= 4 is 28.0 Å². The molecule has 0 bridgehead atoms. The standard InChI is InChI=1S/C39H29NO/c1-28-35-19-10-11-22-38(35)41-39(28)31-15-12-18-34(27-31)40(32-16-6-3-7-17-32)33-25-23-30(24-26-33)37-21-9-8-20-36(37)29-13-4-2-5-14-29/h2-27H,1H3. The van der Waals surface area contributed by atoms with Crippen LogP contribution < -0.4 is 4.90 Å². The Morgan fingerprint density at radius 1 is 0.439 bits per heavy atom. The lowest BCUT2D eigenvalue weighted by molar-refractivity contribution is 0.629. The van der Waals surface area contributed by atoms with E-state index in [2.05, 4.69) is 157 Å². The number of benzene rings is 6. The molecule has 0 aliphatic carbocycles. The SMILES string of the molecule is Cc1c(-c2cccc(N(c3ccccc3)c3ccc(-c4ccccc4-c4ccccc4)cc3)c2)oc2ccccc12. The molecule has 0 atom stereocenters. The third kappa shape index (κ3) is 4.70. The van der Waals surface area contributed by atoms with Crippen molar-refractivity contribution in [2.45, 2.75) is 6.92 Å². The monoisotopic (exact) mass is 527 g/mol. The van der Waals surface area contributed by atoms with Crippen molar-refractivity contribution in [2.24, 2.45) is 0 Å². The van der Waals surface area contributed by atoms with E-state index < -0.39 is 0 Å². The van der Waals surface area contributed by atoms with E-state index >= 15 is 0 Å². The molecule has 0 radical (unpaired) electrons. The van der Waals surface area contributed by atoms with Crippen LogP contribution in [0.15, 0.2) is 162 Å². The average Bonchev–Trinajstić information content (AvgIpc) is 3.39. The Balaban J connectivity index is 1.30. The highest BCUT2D eigenvalue weighted by molar-refractivity contribution is 5.89. The summed E-state index contributed by atoms with van der Waals surface area (Å²) in [6.45, 7) is 2.13. The topological polar surface area (TPSA) is 16.4 Å². The fourth-order valence-corrected chi connectivity index (χ4v) is 5.65. The maximum Gasteiger partial charge on any atom is 0.138 e. The summed E-state index contributed by atoms with van der Waals surface area (Å²) in [6.07, 6.45) is 0. The molecule has 7 rings (SSSR count). The first-order valence-corrected chi connectivity index (χ1v) is 13.9. The molecule has 2 nitrogen and oxygen atoms in total. The minimum atomic E-state index is 0.911. The molecular formula is C39H29NO. The number of aryl methyl sites for hydroxylation is 1. The van der Waals surface area contributed by atoms with Crippen LogP contribution >= 0.6 is 0 Å². The van der Waals surface area contributed by atoms with E-state index in [-0.39, 0.29) is 0 Å². The van der Waals surface area contributed by atoms with E-state index in [1.165, 1.54) is 22.3 Å². The van der Waals surface area contributed by atoms with Gasteiger partial charge in [0.05, 0.1) is 0 Å². The van der Waals surface area contributed by atoms with Gasteiger partial charge in [-0.1, -0.05) is 115 Å². The minimum Gasteiger partial charge on any atom is -0.456 e. The molecular weight excluding hydrogens is 498 g/mol. The normalized spacial score (nSPS) is 11.0. The largest absolute Gasteiger partial charge is 0.456 e. The Labute approximate surface area is 240 Å². The lowest BCUT2D eigenvalue weighted by Gasteiger charge is -2.26. The van der Waals surface area contributed by atoms with Gasteiger partial charge in [-0.3, -0.25) is 0 Å². The van der Waals surface area contributed by atoms with Crippen LogP contribution in [-0.4, -0.2) is 0 Å². The van der Waals surface area contributed by atoms with Gasteiger partial charge in [-0.25, -0.2) is 0 Å². The van der Waals surface area contributed by atoms with Gasteiger partial charge >= 0.3 is 0 Å². The Kier molecular flexibility index (Phi) is 6.42. The van der Waals surface area contributed by atoms with Gasteiger partial charge in [0, 0.05) is 33.6 Å². The molecule has 41 heavy (non-hydrogen) atoms. The van der Waals surface area contributed by atoms with Crippen LogP contribution in [0.4, 0.5) is 17.1 Å². The first-order valence-electron chi connectivity index (χ1n) is 13.9. The summed E-state index contributed by atoms with van der Waals surface area (Å²) in [5, 5.41) is 1.15. The van der Waals surface area contributed by atoms with Crippen molar-refractivity contribution in [3.05, 3.63) is 163 Å². The molecule has 7 aromatic rings. The summed E-state index contributed by atoms with van der Waals surface area (Å²) in [4.78, 5) is 2.30. The van der Waals surface area contributed by atoms with Crippen LogP contribution in [0.1, 0.15) is 5.56 Å². The van der Waals surface area contributed by atoms with E-state index in [9.17, 15) is 0 Å². The molecule has 0 aliphatic rings. The summed E-state index contributed by atoms with van der Waals surface area (Å²) in [5.74, 6) is 0.911. The molecule has 2 heteroatoms. The minimum absolute atomic E-state index is 0.911. The van der Waals surface area contributed by atoms with E-state index in [4.69, 9.17) is 4.42 Å². The fraction of sp³-hybridized carbons (Fsp3) is 0.0256. The maximum atomic E-state index is 6.32. The van der Waals surface area contributed by atoms with E-state index in [1.54, 1.807) is 0 Å². The van der Waals surface area contributed by atoms with Crippen LogP contribution in [0, 0.1) is 6.92 Å². The zero-order chi connectivity index (χ0) is 27.6. The number of fused-ring (bicyclic) bond motifs is 1. The van der Waals surface area contributed by atoms with Gasteiger partial charge in [0.2, 0.25) is 0 Å². The summed E-state index contributed by atoms with van der Waals surface area (Å²) < 4.78 is 6.32. The third-order valence-electron chi connectivity index (χ3n) is 7.67. The van der Waals surface area contributed by atoms with Gasteiger partial charge in [-0.05, 0) is 71.6 Å². The van der Waals surface area contributed by atoms with Crippen LogP contribution in [-0.2, 0) is 0 Å². The smallest absolute Gasteiger partial charge is 0.138 e. The molecule has 0 N–H and O–H groups in total. The summed E-state index contributed by atoms with van der Waals surface area (Å²) in [5.41, 5.74) is 11.3. The highest BCUT2D eigenvalue weighted by Gasteiger charge is 2.17. The van der Waals surface area contributed by atoms with Crippen molar-refractivity contribution in [2.75, 3.05) is 4.90 Å². The zero-order valence-electron chi connectivity index (χ0n) is 22.9. The maximum absolute atomic E-state index is 6.32. The second kappa shape index (κ2) is 10.7. The molecule has 0 amide bonds. The fourth-order valence-electron chi connectivity index (χ4n) is 5.65. The number of anilines is 3. The quantitative estimate of drug-likeness (QED) is 0.214. The molecule has 6 aromatic carbocycles. The molecule has 0 spiro atoms. The Hall–Kier alpha value is -5.34. The molecule has 0 saturated heterocycles. The van der Waals surface area contributed by atoms with Crippen LogP contribution in [0.25, 0.3) is 44.5 Å². The van der Waals surface area contributed by atoms with E-state index in [0.717, 1.165) is 44.9 Å². The lowest BCUT2D eigenvalue weighted by Crippen LogP contribution is -2.09. The zero-order valence-corrected chi connectivity index (χ0v) is 22.9. The van der Waals surface area contributed by atoms with Crippen LogP contribution in [0.3, 0.4) is 0 Å². The van der Waals surface area contributed by atoms with Crippen LogP contribution in [0.5, 0.6) is 0 Å². The predicted molar refractivity (Wildman–Crippen MR) is 172 cm³/mol. The van der Waals surface area contributed by atoms with Gasteiger partial charge in [-0.2, -0.15) is 0 Å². The van der Waals surface area contributed by atoms with Gasteiger partial charge in [-0.15, -0.1) is 0 Å². The van der Waals surface area contributed by atoms with Gasteiger partial charge in [0.25, 0.3) is 0 Å². The van der Waals surface area contributed by atoms with E-state index in [1.807, 2.05) is 12.1 Å². The van der Waals surface area contributed by atoms with Crippen molar-refractivity contribution in [1.82, 2.24) is 0 Å². The highest BCUT2D eigenvalue weighted by atomic mass is 16.3. The van der Waals surface area contributed by atoms with Crippen molar-refractivity contribution in [3.63, 3.8) is 0 Å². The molecule has 0 unspecified atom stereocenters. The summed E-state index contributed by atoms with van der Waals surface area (Å²) in [7, 11) is 0. The van der Waals surface area contributed by atoms with Crippen LogP contribution in [0.2, 0.25) is 0 Å². The second-order valence-corrected chi connectivity index (χ2v) is 10.2. The third-order valence-corrected chi connectivity index (χ3v) is 7.67. The number of furan rings is 1. The predicted octanol–water partition coefficient (Wildman–Crippen LogP) is 11.2. The molecule has 0 aliphatic heterocycles. The van der Waals surface area contributed by atoms with Crippen molar-refractivity contribution in [1.29, 1.82) is 0 Å². The molecule has 0 saturated carbocycles. The summed E-state index contributed by atoms with van der Waals surface area (Å²) >= 11 is 0. The number of rotatable bonds is 6. The van der Waals surface area contributed by atoms with Gasteiger partial charge in [0.15, 0.2) is 0 Å². The molecule has 1 aromatic heterocycles. The molecule has 1 heterocycles. The Morgan fingerprint density at radius 3 is 1.68 bits per heavy atom. The van der Waals surface area contributed by atoms with Crippen molar-refractivity contribution in [3.8, 4) is 33.6 Å². The van der Waals surface area contributed by atoms with Crippen molar-refractivity contribution < 1.29 is 4.42 Å². The second-order valence-electron chi connectivity index (χ2n) is 10.2. The van der Waals surface area contributed by atoms with E-state index in [0.29, 0.717) is 0 Å². The first-order chi connectivity index (χ1) is 20.3. The number of hydrogen-bond acceptors (Lipinski definition) is 2. The Morgan fingerprint density at radius 2 is 0.976 bits per heavy atom. The van der Waals surface area contributed by atoms with Gasteiger partial charge < -0.3 is 9.32 Å². The first kappa shape index (κ1) is 24.7. The Bertz CT molecular complexity index is 1940.